The van der Waals surface area contributed by atoms with Gasteiger partial charge in [0.15, 0.2) is 0 Å². The fraction of sp³-hybridized carbons (Fsp3) is 0.588. The number of carbonyl (C=O) groups excluding carboxylic acids is 1. The van der Waals surface area contributed by atoms with Gasteiger partial charge in [-0.25, -0.2) is 17.6 Å². The van der Waals surface area contributed by atoms with Gasteiger partial charge in [0.1, 0.15) is 17.3 Å². The molecule has 0 amide bonds. The highest BCUT2D eigenvalue weighted by Gasteiger charge is 2.29. The summed E-state index contributed by atoms with van der Waals surface area (Å²) in [5, 5.41) is 0. The van der Waals surface area contributed by atoms with Gasteiger partial charge in [-0.1, -0.05) is 6.42 Å². The summed E-state index contributed by atoms with van der Waals surface area (Å²) < 4.78 is 50.9. The molecule has 0 bridgehead atoms. The quantitative estimate of drug-likeness (QED) is 0.543. The summed E-state index contributed by atoms with van der Waals surface area (Å²) in [7, 11) is -3.96. The van der Waals surface area contributed by atoms with Gasteiger partial charge in [0.2, 0.25) is 10.0 Å². The summed E-state index contributed by atoms with van der Waals surface area (Å²) in [6.07, 6.45) is 2.47. The molecular formula is C17H24FNO5S. The zero-order chi connectivity index (χ0) is 18.4. The molecule has 0 radical (unpaired) electrons. The van der Waals surface area contributed by atoms with Crippen LogP contribution in [0.5, 0.6) is 0 Å². The van der Waals surface area contributed by atoms with E-state index in [1.807, 2.05) is 13.8 Å². The molecule has 1 fully saturated rings. The Morgan fingerprint density at radius 1 is 1.20 bits per heavy atom. The van der Waals surface area contributed by atoms with Crippen molar-refractivity contribution in [2.24, 2.45) is 0 Å². The first-order valence-electron chi connectivity index (χ1n) is 8.41. The zero-order valence-electron chi connectivity index (χ0n) is 14.5. The minimum atomic E-state index is -3.96. The second kappa shape index (κ2) is 8.73. The summed E-state index contributed by atoms with van der Waals surface area (Å²) >= 11 is 0. The minimum absolute atomic E-state index is 0.00142. The monoisotopic (exact) mass is 373 g/mol. The largest absolute Gasteiger partial charge is 0.460 e. The number of piperidine rings is 1. The predicted octanol–water partition coefficient (Wildman–Crippen LogP) is 2.58. The maximum Gasteiger partial charge on any atom is 0.338 e. The highest BCUT2D eigenvalue weighted by molar-refractivity contribution is 7.89. The molecule has 25 heavy (non-hydrogen) atoms. The third kappa shape index (κ3) is 5.23. The van der Waals surface area contributed by atoms with E-state index in [9.17, 15) is 17.6 Å². The van der Waals surface area contributed by atoms with Crippen LogP contribution in [0.2, 0.25) is 0 Å². The van der Waals surface area contributed by atoms with Gasteiger partial charge in [0.25, 0.3) is 0 Å². The summed E-state index contributed by atoms with van der Waals surface area (Å²) in [5.74, 6) is -1.58. The molecule has 0 aliphatic carbocycles. The van der Waals surface area contributed by atoms with Crippen molar-refractivity contribution in [2.75, 3.05) is 26.3 Å². The Kier molecular flexibility index (Phi) is 6.92. The SMILES string of the molecule is CC(C)OCCOC(=O)c1ccc(F)c(S(=O)(=O)N2CCCCC2)c1. The van der Waals surface area contributed by atoms with Gasteiger partial charge < -0.3 is 9.47 Å². The lowest BCUT2D eigenvalue weighted by molar-refractivity contribution is 0.0176. The van der Waals surface area contributed by atoms with Crippen LogP contribution in [0.15, 0.2) is 23.1 Å². The Labute approximate surface area is 148 Å². The summed E-state index contributed by atoms with van der Waals surface area (Å²) in [6, 6.07) is 3.25. The molecule has 0 aromatic heterocycles. The average Bonchev–Trinajstić information content (AvgIpc) is 2.59. The number of carbonyl (C=O) groups is 1. The van der Waals surface area contributed by atoms with Crippen molar-refractivity contribution in [2.45, 2.75) is 44.1 Å². The van der Waals surface area contributed by atoms with E-state index in [1.165, 1.54) is 10.4 Å². The number of hydrogen-bond acceptors (Lipinski definition) is 5. The molecule has 2 rings (SSSR count). The zero-order valence-corrected chi connectivity index (χ0v) is 15.4. The van der Waals surface area contributed by atoms with Crippen LogP contribution >= 0.6 is 0 Å². The molecule has 0 atom stereocenters. The first-order valence-corrected chi connectivity index (χ1v) is 9.85. The average molecular weight is 373 g/mol. The van der Waals surface area contributed by atoms with Crippen LogP contribution in [-0.2, 0) is 19.5 Å². The second-order valence-corrected chi connectivity index (χ2v) is 8.07. The van der Waals surface area contributed by atoms with E-state index in [4.69, 9.17) is 9.47 Å². The van der Waals surface area contributed by atoms with Crippen LogP contribution in [0.25, 0.3) is 0 Å². The van der Waals surface area contributed by atoms with E-state index < -0.39 is 26.7 Å². The first-order chi connectivity index (χ1) is 11.8. The topological polar surface area (TPSA) is 72.9 Å². The summed E-state index contributed by atoms with van der Waals surface area (Å²) in [6.45, 7) is 4.73. The van der Waals surface area contributed by atoms with Gasteiger partial charge in [-0.2, -0.15) is 4.31 Å². The van der Waals surface area contributed by atoms with Gasteiger partial charge in [-0.15, -0.1) is 0 Å². The number of sulfonamides is 1. The van der Waals surface area contributed by atoms with Crippen LogP contribution in [0, 0.1) is 5.82 Å². The van der Waals surface area contributed by atoms with Crippen molar-refractivity contribution >= 4 is 16.0 Å². The number of rotatable bonds is 7. The highest BCUT2D eigenvalue weighted by atomic mass is 32.2. The lowest BCUT2D eigenvalue weighted by atomic mass is 10.2. The third-order valence-corrected chi connectivity index (χ3v) is 5.78. The van der Waals surface area contributed by atoms with Crippen LogP contribution in [-0.4, -0.2) is 51.1 Å². The molecule has 1 heterocycles. The molecule has 0 saturated carbocycles. The number of hydrogen-bond donors (Lipinski definition) is 0. The lowest BCUT2D eigenvalue weighted by Gasteiger charge is -2.26. The fourth-order valence-corrected chi connectivity index (χ4v) is 4.18. The number of halogens is 1. The van der Waals surface area contributed by atoms with Crippen molar-refractivity contribution in [3.63, 3.8) is 0 Å². The Bertz CT molecular complexity index is 699. The molecule has 6 nitrogen and oxygen atoms in total. The first kappa shape index (κ1) is 19.8. The Hall–Kier alpha value is -1.51. The van der Waals surface area contributed by atoms with E-state index in [2.05, 4.69) is 0 Å². The van der Waals surface area contributed by atoms with Crippen molar-refractivity contribution in [3.8, 4) is 0 Å². The number of benzene rings is 1. The number of nitrogens with zero attached hydrogens (tertiary/aromatic N) is 1. The Morgan fingerprint density at radius 3 is 2.52 bits per heavy atom. The van der Waals surface area contributed by atoms with Crippen molar-refractivity contribution in [1.82, 2.24) is 4.31 Å². The van der Waals surface area contributed by atoms with E-state index in [0.29, 0.717) is 13.1 Å². The highest BCUT2D eigenvalue weighted by Crippen LogP contribution is 2.24. The maximum absolute atomic E-state index is 14.1. The van der Waals surface area contributed by atoms with E-state index >= 15 is 0 Å². The van der Waals surface area contributed by atoms with Crippen molar-refractivity contribution in [3.05, 3.63) is 29.6 Å². The van der Waals surface area contributed by atoms with Gasteiger partial charge in [-0.05, 0) is 44.9 Å². The van der Waals surface area contributed by atoms with Gasteiger partial charge in [-0.3, -0.25) is 0 Å². The molecular weight excluding hydrogens is 349 g/mol. The molecule has 1 saturated heterocycles. The molecule has 1 aliphatic heterocycles. The minimum Gasteiger partial charge on any atom is -0.460 e. The molecule has 140 valence electrons. The normalized spacial score (nSPS) is 16.2. The fourth-order valence-electron chi connectivity index (χ4n) is 2.57. The second-order valence-electron chi connectivity index (χ2n) is 6.17. The van der Waals surface area contributed by atoms with E-state index in [0.717, 1.165) is 31.4 Å². The van der Waals surface area contributed by atoms with E-state index in [1.54, 1.807) is 0 Å². The Balaban J connectivity index is 2.12. The maximum atomic E-state index is 14.1. The molecule has 0 unspecified atom stereocenters. The smallest absolute Gasteiger partial charge is 0.338 e. The standard InChI is InChI=1S/C17H24FNO5S/c1-13(2)23-10-11-24-17(20)14-6-7-15(18)16(12-14)25(21,22)19-8-4-3-5-9-19/h6-7,12-13H,3-5,8-11H2,1-2H3. The number of esters is 1. The molecule has 1 aliphatic rings. The van der Waals surface area contributed by atoms with Crippen LogP contribution in [0.4, 0.5) is 4.39 Å². The van der Waals surface area contributed by atoms with Crippen LogP contribution in [0.1, 0.15) is 43.5 Å². The summed E-state index contributed by atoms with van der Waals surface area (Å²) in [5.41, 5.74) is 0.00142. The van der Waals surface area contributed by atoms with Gasteiger partial charge in [0, 0.05) is 13.1 Å². The van der Waals surface area contributed by atoms with E-state index in [-0.39, 0.29) is 24.9 Å². The van der Waals surface area contributed by atoms with Crippen LogP contribution in [0.3, 0.4) is 0 Å². The predicted molar refractivity (Wildman–Crippen MR) is 90.4 cm³/mol. The molecule has 0 spiro atoms. The van der Waals surface area contributed by atoms with Gasteiger partial charge >= 0.3 is 5.97 Å². The lowest BCUT2D eigenvalue weighted by Crippen LogP contribution is -2.36. The van der Waals surface area contributed by atoms with Gasteiger partial charge in [0.05, 0.1) is 18.3 Å². The molecule has 8 heteroatoms. The third-order valence-electron chi connectivity index (χ3n) is 3.87. The van der Waals surface area contributed by atoms with Crippen LogP contribution < -0.4 is 0 Å². The molecule has 0 N–H and O–H groups in total. The molecule has 1 aromatic carbocycles. The molecule has 1 aromatic rings. The Morgan fingerprint density at radius 2 is 1.88 bits per heavy atom. The summed E-state index contributed by atoms with van der Waals surface area (Å²) in [4.78, 5) is 11.6. The number of ether oxygens (including phenoxy) is 2. The van der Waals surface area contributed by atoms with Crippen molar-refractivity contribution < 1.29 is 27.1 Å². The van der Waals surface area contributed by atoms with Crippen molar-refractivity contribution in [1.29, 1.82) is 0 Å².